The van der Waals surface area contributed by atoms with E-state index in [1.54, 1.807) is 0 Å². The smallest absolute Gasteiger partial charge is 0.0547 e. The molecule has 0 bridgehead atoms. The second kappa shape index (κ2) is 8.72. The lowest BCUT2D eigenvalue weighted by molar-refractivity contribution is 1.18. The molecule has 2 heteroatoms. The Morgan fingerprint density at radius 1 is 0.350 bits per heavy atom. The van der Waals surface area contributed by atoms with Crippen molar-refractivity contribution >= 4 is 43.6 Å². The van der Waals surface area contributed by atoms with Crippen LogP contribution >= 0.6 is 0 Å². The van der Waals surface area contributed by atoms with Gasteiger partial charge in [0.2, 0.25) is 0 Å². The third-order valence-electron chi connectivity index (χ3n) is 8.37. The Bertz CT molecular complexity index is 2050. The van der Waals surface area contributed by atoms with Gasteiger partial charge in [-0.1, -0.05) is 84.9 Å². The lowest BCUT2D eigenvalue weighted by Crippen LogP contribution is -1.95. The van der Waals surface area contributed by atoms with Gasteiger partial charge in [-0.15, -0.1) is 0 Å². The molecule has 0 radical (unpaired) electrons. The molecule has 0 spiro atoms. The van der Waals surface area contributed by atoms with Gasteiger partial charge in [-0.3, -0.25) is 0 Å². The number of rotatable bonds is 3. The van der Waals surface area contributed by atoms with Gasteiger partial charge < -0.3 is 9.13 Å². The highest BCUT2D eigenvalue weighted by Crippen LogP contribution is 2.46. The molecular weight excluding hydrogens is 484 g/mol. The van der Waals surface area contributed by atoms with Crippen molar-refractivity contribution in [2.45, 2.75) is 13.8 Å². The lowest BCUT2D eigenvalue weighted by Gasteiger charge is -2.15. The Morgan fingerprint density at radius 2 is 0.725 bits per heavy atom. The average molecular weight is 513 g/mol. The number of nitrogens with zero attached hydrogens (tertiary/aromatic N) is 2. The van der Waals surface area contributed by atoms with E-state index < -0.39 is 0 Å². The monoisotopic (exact) mass is 512 g/mol. The largest absolute Gasteiger partial charge is 0.309 e. The predicted molar refractivity (Wildman–Crippen MR) is 170 cm³/mol. The molecule has 0 saturated carbocycles. The second-order valence-electron chi connectivity index (χ2n) is 10.7. The maximum Gasteiger partial charge on any atom is 0.0547 e. The van der Waals surface area contributed by atoms with Crippen LogP contribution in [-0.4, -0.2) is 9.13 Å². The number of hydrogen-bond donors (Lipinski definition) is 0. The van der Waals surface area contributed by atoms with Crippen LogP contribution in [0.1, 0.15) is 11.1 Å². The minimum absolute atomic E-state index is 1.18. The standard InChI is InChI=1S/C38H28N2/c1-25-21-23-33-37(29-17-9-11-19-31(29)39(33)27-13-5-3-6-14-27)35(25)36-26(2)22-24-34-38(36)30-18-10-12-20-32(30)40(34)28-15-7-4-8-16-28/h3-24H,1-2H3. The SMILES string of the molecule is Cc1ccc2c(c1-c1c(C)ccc3c1c1ccccc1n3-c1ccccc1)c1ccccc1n2-c1ccccc1. The van der Waals surface area contributed by atoms with E-state index in [0.717, 1.165) is 0 Å². The summed E-state index contributed by atoms with van der Waals surface area (Å²) >= 11 is 0. The Kier molecular flexibility index (Phi) is 4.99. The van der Waals surface area contributed by atoms with Crippen molar-refractivity contribution in [1.29, 1.82) is 0 Å². The molecular formula is C38H28N2. The van der Waals surface area contributed by atoms with Gasteiger partial charge in [0.05, 0.1) is 22.1 Å². The highest BCUT2D eigenvalue weighted by molar-refractivity contribution is 6.23. The molecule has 8 aromatic rings. The maximum atomic E-state index is 2.41. The van der Waals surface area contributed by atoms with Crippen LogP contribution in [0.4, 0.5) is 0 Å². The molecule has 40 heavy (non-hydrogen) atoms. The van der Waals surface area contributed by atoms with Crippen LogP contribution in [0.2, 0.25) is 0 Å². The fourth-order valence-corrected chi connectivity index (χ4v) is 6.68. The Labute approximate surface area is 233 Å². The summed E-state index contributed by atoms with van der Waals surface area (Å²) in [5.41, 5.74) is 12.5. The summed E-state index contributed by atoms with van der Waals surface area (Å²) in [5, 5.41) is 5.18. The summed E-state index contributed by atoms with van der Waals surface area (Å²) < 4.78 is 4.83. The highest BCUT2D eigenvalue weighted by atomic mass is 15.0. The zero-order chi connectivity index (χ0) is 26.8. The molecule has 0 unspecified atom stereocenters. The van der Waals surface area contributed by atoms with Gasteiger partial charge in [0, 0.05) is 32.9 Å². The Hall–Kier alpha value is -5.08. The topological polar surface area (TPSA) is 9.86 Å². The molecule has 0 atom stereocenters. The van der Waals surface area contributed by atoms with Crippen LogP contribution in [0, 0.1) is 13.8 Å². The first-order valence-electron chi connectivity index (χ1n) is 13.9. The Morgan fingerprint density at radius 3 is 1.15 bits per heavy atom. The van der Waals surface area contributed by atoms with Crippen LogP contribution in [0.3, 0.4) is 0 Å². The van der Waals surface area contributed by atoms with E-state index in [4.69, 9.17) is 0 Å². The van der Waals surface area contributed by atoms with Gasteiger partial charge >= 0.3 is 0 Å². The van der Waals surface area contributed by atoms with E-state index in [1.165, 1.54) is 77.2 Å². The molecule has 0 fully saturated rings. The molecule has 0 amide bonds. The molecule has 0 aliphatic carbocycles. The summed E-state index contributed by atoms with van der Waals surface area (Å²) in [5.74, 6) is 0. The summed E-state index contributed by atoms with van der Waals surface area (Å²) in [6.45, 7) is 4.52. The average Bonchev–Trinajstić information content (AvgIpc) is 3.52. The fraction of sp³-hybridized carbons (Fsp3) is 0.0526. The third kappa shape index (κ3) is 3.17. The molecule has 0 N–H and O–H groups in total. The van der Waals surface area contributed by atoms with Crippen LogP contribution in [0.15, 0.2) is 133 Å². The predicted octanol–water partition coefficient (Wildman–Crippen LogP) is 10.2. The van der Waals surface area contributed by atoms with Crippen molar-refractivity contribution in [1.82, 2.24) is 9.13 Å². The lowest BCUT2D eigenvalue weighted by atomic mass is 9.89. The maximum absolute atomic E-state index is 2.41. The zero-order valence-corrected chi connectivity index (χ0v) is 22.6. The number of hydrogen-bond acceptors (Lipinski definition) is 0. The van der Waals surface area contributed by atoms with Crippen LogP contribution < -0.4 is 0 Å². The van der Waals surface area contributed by atoms with E-state index in [9.17, 15) is 0 Å². The van der Waals surface area contributed by atoms with Gasteiger partial charge in [-0.2, -0.15) is 0 Å². The van der Waals surface area contributed by atoms with Crippen molar-refractivity contribution in [2.24, 2.45) is 0 Å². The first-order chi connectivity index (χ1) is 19.7. The molecule has 2 aromatic heterocycles. The molecule has 8 rings (SSSR count). The van der Waals surface area contributed by atoms with Crippen LogP contribution in [0.25, 0.3) is 66.1 Å². The number of aryl methyl sites for hydroxylation is 2. The first-order valence-corrected chi connectivity index (χ1v) is 13.9. The van der Waals surface area contributed by atoms with E-state index in [2.05, 4.69) is 156 Å². The molecule has 0 aliphatic heterocycles. The zero-order valence-electron chi connectivity index (χ0n) is 22.6. The first kappa shape index (κ1) is 22.9. The van der Waals surface area contributed by atoms with E-state index in [-0.39, 0.29) is 0 Å². The third-order valence-corrected chi connectivity index (χ3v) is 8.37. The van der Waals surface area contributed by atoms with Gasteiger partial charge in [-0.05, 0) is 84.6 Å². The van der Waals surface area contributed by atoms with Crippen LogP contribution in [0.5, 0.6) is 0 Å². The van der Waals surface area contributed by atoms with Crippen molar-refractivity contribution in [3.05, 3.63) is 145 Å². The highest BCUT2D eigenvalue weighted by Gasteiger charge is 2.23. The molecule has 2 nitrogen and oxygen atoms in total. The van der Waals surface area contributed by atoms with E-state index in [0.29, 0.717) is 0 Å². The summed E-state index contributed by atoms with van der Waals surface area (Å²) in [4.78, 5) is 0. The fourth-order valence-electron chi connectivity index (χ4n) is 6.68. The van der Waals surface area contributed by atoms with Crippen molar-refractivity contribution in [3.8, 4) is 22.5 Å². The Balaban J connectivity index is 1.58. The van der Waals surface area contributed by atoms with Gasteiger partial charge in [0.15, 0.2) is 0 Å². The molecule has 190 valence electrons. The number of aromatic nitrogens is 2. The summed E-state index contributed by atoms with van der Waals surface area (Å²) in [6, 6.07) is 48.3. The number of fused-ring (bicyclic) bond motifs is 6. The minimum atomic E-state index is 1.18. The normalized spacial score (nSPS) is 11.8. The summed E-state index contributed by atoms with van der Waals surface area (Å²) in [6.07, 6.45) is 0. The second-order valence-corrected chi connectivity index (χ2v) is 10.7. The van der Waals surface area contributed by atoms with Crippen molar-refractivity contribution in [2.75, 3.05) is 0 Å². The van der Waals surface area contributed by atoms with Gasteiger partial charge in [0.1, 0.15) is 0 Å². The van der Waals surface area contributed by atoms with Gasteiger partial charge in [0.25, 0.3) is 0 Å². The molecule has 0 aliphatic rings. The van der Waals surface area contributed by atoms with Gasteiger partial charge in [-0.25, -0.2) is 0 Å². The van der Waals surface area contributed by atoms with E-state index in [1.807, 2.05) is 0 Å². The summed E-state index contributed by atoms with van der Waals surface area (Å²) in [7, 11) is 0. The molecule has 2 heterocycles. The molecule has 6 aromatic carbocycles. The number of benzene rings is 6. The van der Waals surface area contributed by atoms with Crippen LogP contribution in [-0.2, 0) is 0 Å². The minimum Gasteiger partial charge on any atom is -0.309 e. The van der Waals surface area contributed by atoms with E-state index >= 15 is 0 Å². The van der Waals surface area contributed by atoms with Crippen molar-refractivity contribution in [3.63, 3.8) is 0 Å². The number of para-hydroxylation sites is 4. The van der Waals surface area contributed by atoms with Crippen molar-refractivity contribution < 1.29 is 0 Å². The quantitative estimate of drug-likeness (QED) is 0.223. The molecule has 0 saturated heterocycles.